The van der Waals surface area contributed by atoms with E-state index in [1.165, 1.54) is 0 Å². The number of aryl methyl sites for hydroxylation is 1. The topological polar surface area (TPSA) is 25.0 Å². The van der Waals surface area contributed by atoms with Gasteiger partial charge in [-0.25, -0.2) is 0 Å². The molecule has 0 bridgehead atoms. The first kappa shape index (κ1) is 10.2. The van der Waals surface area contributed by atoms with Crippen molar-refractivity contribution < 1.29 is 4.74 Å². The maximum atomic E-state index is 5.44. The molecule has 0 atom stereocenters. The second-order valence-corrected chi connectivity index (χ2v) is 3.90. The lowest BCUT2D eigenvalue weighted by atomic mass is 10.2. The van der Waals surface area contributed by atoms with Crippen LogP contribution in [-0.2, 0) is 0 Å². The summed E-state index contributed by atoms with van der Waals surface area (Å²) in [5, 5.41) is 1.04. The summed E-state index contributed by atoms with van der Waals surface area (Å²) in [6.07, 6.45) is 0. The van der Waals surface area contributed by atoms with E-state index in [1.54, 1.807) is 0 Å². The van der Waals surface area contributed by atoms with Crippen LogP contribution in [0.25, 0.3) is 10.9 Å². The molecule has 1 N–H and O–H groups in total. The van der Waals surface area contributed by atoms with Gasteiger partial charge in [0.1, 0.15) is 5.75 Å². The Labute approximate surface area is 93.9 Å². The molecule has 0 spiro atoms. The summed E-state index contributed by atoms with van der Waals surface area (Å²) in [6.45, 7) is 4.65. The number of H-pyrrole nitrogens is 1. The van der Waals surface area contributed by atoms with Crippen LogP contribution in [0.3, 0.4) is 0 Å². The Morgan fingerprint density at radius 1 is 1.33 bits per heavy atom. The maximum absolute atomic E-state index is 5.44. The summed E-state index contributed by atoms with van der Waals surface area (Å²) in [5.74, 6) is 0.869. The van der Waals surface area contributed by atoms with Crippen LogP contribution in [0.1, 0.15) is 12.6 Å². The van der Waals surface area contributed by atoms with Crippen LogP contribution in [0.4, 0.5) is 0 Å². The van der Waals surface area contributed by atoms with Crippen molar-refractivity contribution in [1.82, 2.24) is 4.98 Å². The molecule has 1 aromatic carbocycles. The zero-order chi connectivity index (χ0) is 10.8. The van der Waals surface area contributed by atoms with Gasteiger partial charge in [0, 0.05) is 21.1 Å². The molecule has 1 aromatic heterocycles. The minimum Gasteiger partial charge on any atom is -0.494 e. The van der Waals surface area contributed by atoms with Gasteiger partial charge in [-0.1, -0.05) is 12.2 Å². The summed E-state index contributed by atoms with van der Waals surface area (Å²) in [7, 11) is 0. The Kier molecular flexibility index (Phi) is 2.73. The van der Waals surface area contributed by atoms with E-state index in [4.69, 9.17) is 17.0 Å². The van der Waals surface area contributed by atoms with E-state index in [0.29, 0.717) is 6.61 Å². The van der Waals surface area contributed by atoms with E-state index in [-0.39, 0.29) is 0 Å². The number of rotatable bonds is 2. The smallest absolute Gasteiger partial charge is 0.120 e. The first-order valence-corrected chi connectivity index (χ1v) is 5.38. The third-order valence-corrected chi connectivity index (χ3v) is 2.58. The molecule has 1 heterocycles. The SMILES string of the molecule is CCOc1ccc2[nH]c(C)cc(=S)c2c1. The van der Waals surface area contributed by atoms with Crippen LogP contribution in [0.15, 0.2) is 24.3 Å². The standard InChI is InChI=1S/C12H13NOS/c1-3-14-9-4-5-11-10(7-9)12(15)6-8(2)13-11/h4-7H,3H2,1-2H3,(H,13,15). The van der Waals surface area contributed by atoms with E-state index in [2.05, 4.69) is 4.98 Å². The molecule has 0 aliphatic heterocycles. The number of aromatic amines is 1. The molecule has 15 heavy (non-hydrogen) atoms. The number of benzene rings is 1. The molecule has 0 aliphatic carbocycles. The van der Waals surface area contributed by atoms with E-state index in [1.807, 2.05) is 38.1 Å². The molecule has 0 amide bonds. The number of aromatic nitrogens is 1. The largest absolute Gasteiger partial charge is 0.494 e. The highest BCUT2D eigenvalue weighted by Crippen LogP contribution is 2.21. The molecule has 78 valence electrons. The zero-order valence-corrected chi connectivity index (χ0v) is 9.65. The van der Waals surface area contributed by atoms with Gasteiger partial charge in [0.05, 0.1) is 6.61 Å². The van der Waals surface area contributed by atoms with E-state index in [0.717, 1.165) is 26.9 Å². The predicted molar refractivity (Wildman–Crippen MR) is 65.0 cm³/mol. The van der Waals surface area contributed by atoms with E-state index < -0.39 is 0 Å². The Morgan fingerprint density at radius 3 is 2.87 bits per heavy atom. The molecule has 0 unspecified atom stereocenters. The summed E-state index contributed by atoms with van der Waals surface area (Å²) < 4.78 is 6.30. The van der Waals surface area contributed by atoms with Gasteiger partial charge >= 0.3 is 0 Å². The molecule has 0 saturated carbocycles. The molecular weight excluding hydrogens is 206 g/mol. The lowest BCUT2D eigenvalue weighted by molar-refractivity contribution is 0.340. The van der Waals surface area contributed by atoms with Gasteiger partial charge < -0.3 is 9.72 Å². The molecule has 2 nitrogen and oxygen atoms in total. The third kappa shape index (κ3) is 2.02. The van der Waals surface area contributed by atoms with Gasteiger partial charge in [-0.05, 0) is 38.1 Å². The van der Waals surface area contributed by atoms with Crippen LogP contribution >= 0.6 is 12.2 Å². The second-order valence-electron chi connectivity index (χ2n) is 3.46. The maximum Gasteiger partial charge on any atom is 0.120 e. The minimum absolute atomic E-state index is 0.674. The highest BCUT2D eigenvalue weighted by molar-refractivity contribution is 7.71. The fourth-order valence-corrected chi connectivity index (χ4v) is 1.96. The first-order valence-electron chi connectivity index (χ1n) is 4.97. The third-order valence-electron chi connectivity index (χ3n) is 2.25. The van der Waals surface area contributed by atoms with Crippen LogP contribution in [-0.4, -0.2) is 11.6 Å². The summed E-state index contributed by atoms with van der Waals surface area (Å²) in [4.78, 5) is 3.28. The van der Waals surface area contributed by atoms with Gasteiger partial charge in [-0.3, -0.25) is 0 Å². The Morgan fingerprint density at radius 2 is 2.13 bits per heavy atom. The first-order chi connectivity index (χ1) is 7.20. The van der Waals surface area contributed by atoms with Crippen molar-refractivity contribution >= 4 is 23.1 Å². The van der Waals surface area contributed by atoms with Crippen molar-refractivity contribution in [3.63, 3.8) is 0 Å². The second kappa shape index (κ2) is 4.03. The quantitative estimate of drug-likeness (QED) is 0.780. The number of pyridine rings is 1. The number of hydrogen-bond donors (Lipinski definition) is 1. The summed E-state index contributed by atoms with van der Waals surface area (Å²) in [6, 6.07) is 7.91. The van der Waals surface area contributed by atoms with Crippen LogP contribution < -0.4 is 4.74 Å². The van der Waals surface area contributed by atoms with Crippen molar-refractivity contribution in [2.45, 2.75) is 13.8 Å². The van der Waals surface area contributed by atoms with Crippen LogP contribution in [0.5, 0.6) is 5.75 Å². The fraction of sp³-hybridized carbons (Fsp3) is 0.250. The molecule has 0 fully saturated rings. The number of fused-ring (bicyclic) bond motifs is 1. The normalized spacial score (nSPS) is 10.5. The van der Waals surface area contributed by atoms with Gasteiger partial charge in [0.25, 0.3) is 0 Å². The van der Waals surface area contributed by atoms with Crippen molar-refractivity contribution in [1.29, 1.82) is 0 Å². The molecule has 2 rings (SSSR count). The zero-order valence-electron chi connectivity index (χ0n) is 8.83. The molecule has 3 heteroatoms. The predicted octanol–water partition coefficient (Wildman–Crippen LogP) is 3.60. The molecule has 0 aliphatic rings. The van der Waals surface area contributed by atoms with E-state index >= 15 is 0 Å². The lowest BCUT2D eigenvalue weighted by Crippen LogP contribution is -1.92. The summed E-state index contributed by atoms with van der Waals surface area (Å²) in [5.41, 5.74) is 2.14. The van der Waals surface area contributed by atoms with Gasteiger partial charge in [0.2, 0.25) is 0 Å². The van der Waals surface area contributed by atoms with Crippen molar-refractivity contribution in [2.75, 3.05) is 6.61 Å². The van der Waals surface area contributed by atoms with Crippen molar-refractivity contribution in [3.8, 4) is 5.75 Å². The van der Waals surface area contributed by atoms with Gasteiger partial charge in [-0.15, -0.1) is 0 Å². The number of hydrogen-bond acceptors (Lipinski definition) is 2. The van der Waals surface area contributed by atoms with Crippen LogP contribution in [0.2, 0.25) is 0 Å². The van der Waals surface area contributed by atoms with Crippen LogP contribution in [0, 0.1) is 11.4 Å². The van der Waals surface area contributed by atoms with Crippen molar-refractivity contribution in [2.24, 2.45) is 0 Å². The Hall–Kier alpha value is -1.35. The molecular formula is C12H13NOS. The highest BCUT2D eigenvalue weighted by atomic mass is 32.1. The Balaban J connectivity index is 2.66. The molecule has 0 saturated heterocycles. The van der Waals surface area contributed by atoms with Gasteiger partial charge in [-0.2, -0.15) is 0 Å². The minimum atomic E-state index is 0.674. The molecule has 2 aromatic rings. The number of nitrogens with one attached hydrogen (secondary N) is 1. The number of ether oxygens (including phenoxy) is 1. The Bertz CT molecular complexity index is 545. The van der Waals surface area contributed by atoms with E-state index in [9.17, 15) is 0 Å². The molecule has 0 radical (unpaired) electrons. The average molecular weight is 219 g/mol. The highest BCUT2D eigenvalue weighted by Gasteiger charge is 1.99. The average Bonchev–Trinajstić information content (AvgIpc) is 2.19. The summed E-state index contributed by atoms with van der Waals surface area (Å²) >= 11 is 5.31. The van der Waals surface area contributed by atoms with Gasteiger partial charge in [0.15, 0.2) is 0 Å². The van der Waals surface area contributed by atoms with Crippen molar-refractivity contribution in [3.05, 3.63) is 34.5 Å². The lowest BCUT2D eigenvalue weighted by Gasteiger charge is -2.05. The fourth-order valence-electron chi connectivity index (χ4n) is 1.62. The monoisotopic (exact) mass is 219 g/mol.